The van der Waals surface area contributed by atoms with Gasteiger partial charge >= 0.3 is 0 Å². The molecular weight excluding hydrogens is 392 g/mol. The monoisotopic (exact) mass is 406 g/mol. The number of hydrogen-bond acceptors (Lipinski definition) is 4. The fraction of sp³-hybridized carbons (Fsp3) is 0. The van der Waals surface area contributed by atoms with Gasteiger partial charge in [0, 0.05) is 22.3 Å². The van der Waals surface area contributed by atoms with Crippen molar-refractivity contribution in [3.05, 3.63) is 107 Å². The van der Waals surface area contributed by atoms with Crippen molar-refractivity contribution in [2.24, 2.45) is 0 Å². The Morgan fingerprint density at radius 2 is 1.20 bits per heavy atom. The van der Waals surface area contributed by atoms with Crippen molar-refractivity contribution < 1.29 is 9.59 Å². The van der Waals surface area contributed by atoms with Crippen molar-refractivity contribution in [2.45, 2.75) is 0 Å². The number of benzene rings is 3. The van der Waals surface area contributed by atoms with Gasteiger partial charge in [0.2, 0.25) is 11.6 Å². The van der Waals surface area contributed by atoms with Gasteiger partial charge in [-0.15, -0.1) is 0 Å². The molecule has 0 amide bonds. The average molecular weight is 406 g/mol. The second-order valence-corrected chi connectivity index (χ2v) is 8.12. The summed E-state index contributed by atoms with van der Waals surface area (Å²) >= 11 is 1.28. The Balaban J connectivity index is 1.72. The molecule has 5 aromatic rings. The van der Waals surface area contributed by atoms with Gasteiger partial charge in [0.05, 0.1) is 11.4 Å². The lowest BCUT2D eigenvalue weighted by Crippen LogP contribution is -2.21. The Hall–Kier alpha value is -3.83. The van der Waals surface area contributed by atoms with Crippen LogP contribution in [0, 0.1) is 0 Å². The van der Waals surface area contributed by atoms with Crippen molar-refractivity contribution in [1.82, 2.24) is 9.38 Å². The molecule has 2 heterocycles. The third-order valence-electron chi connectivity index (χ3n) is 5.41. The molecule has 5 heteroatoms. The van der Waals surface area contributed by atoms with Crippen LogP contribution in [0.3, 0.4) is 0 Å². The van der Waals surface area contributed by atoms with Crippen molar-refractivity contribution >= 4 is 27.9 Å². The van der Waals surface area contributed by atoms with E-state index >= 15 is 0 Å². The number of ketones is 2. The highest BCUT2D eigenvalue weighted by Gasteiger charge is 2.36. The standard InChI is InChI=1S/C25H14N2O2S/c28-22-17-13-7-8-14-18(17)23(29)24-21(22)27-20(16-11-5-2-6-12-16)19(26-25(27)30-24)15-9-3-1-4-10-15/h1-14H. The molecule has 0 radical (unpaired) electrons. The Morgan fingerprint density at radius 1 is 0.633 bits per heavy atom. The van der Waals surface area contributed by atoms with Crippen LogP contribution in [0.25, 0.3) is 27.5 Å². The van der Waals surface area contributed by atoms with E-state index in [1.54, 1.807) is 24.3 Å². The number of imidazole rings is 1. The molecule has 0 spiro atoms. The highest BCUT2D eigenvalue weighted by atomic mass is 32.1. The first-order valence-corrected chi connectivity index (χ1v) is 10.4. The maximum absolute atomic E-state index is 13.5. The number of aromatic nitrogens is 2. The molecule has 142 valence electrons. The summed E-state index contributed by atoms with van der Waals surface area (Å²) in [6.45, 7) is 0. The van der Waals surface area contributed by atoms with Gasteiger partial charge in [-0.25, -0.2) is 4.98 Å². The molecular formula is C25H14N2O2S. The quantitative estimate of drug-likeness (QED) is 0.381. The number of rotatable bonds is 2. The molecule has 0 N–H and O–H groups in total. The highest BCUT2D eigenvalue weighted by Crippen LogP contribution is 2.40. The molecule has 0 bridgehead atoms. The van der Waals surface area contributed by atoms with E-state index in [0.717, 1.165) is 22.5 Å². The number of hydrogen-bond donors (Lipinski definition) is 0. The zero-order chi connectivity index (χ0) is 20.2. The van der Waals surface area contributed by atoms with E-state index in [4.69, 9.17) is 4.98 Å². The maximum atomic E-state index is 13.5. The Labute approximate surface area is 176 Å². The molecule has 1 aliphatic carbocycles. The first kappa shape index (κ1) is 17.1. The Bertz CT molecular complexity index is 1460. The summed E-state index contributed by atoms with van der Waals surface area (Å²) in [5, 5.41) is 0. The molecule has 1 aliphatic rings. The van der Waals surface area contributed by atoms with Crippen LogP contribution in [0.4, 0.5) is 0 Å². The zero-order valence-electron chi connectivity index (χ0n) is 15.7. The van der Waals surface area contributed by atoms with Gasteiger partial charge in [-0.05, 0) is 0 Å². The molecule has 30 heavy (non-hydrogen) atoms. The molecule has 4 nitrogen and oxygen atoms in total. The minimum absolute atomic E-state index is 0.115. The van der Waals surface area contributed by atoms with Crippen LogP contribution in [0.2, 0.25) is 0 Å². The third kappa shape index (κ3) is 2.30. The highest BCUT2D eigenvalue weighted by molar-refractivity contribution is 7.19. The average Bonchev–Trinajstić information content (AvgIpc) is 3.35. The van der Waals surface area contributed by atoms with E-state index in [1.807, 2.05) is 65.1 Å². The number of fused-ring (bicyclic) bond motifs is 4. The lowest BCUT2D eigenvalue weighted by molar-refractivity contribution is 0.0978. The van der Waals surface area contributed by atoms with Crippen LogP contribution >= 0.6 is 11.3 Å². The Kier molecular flexibility index (Phi) is 3.60. The van der Waals surface area contributed by atoms with Crippen LogP contribution in [-0.4, -0.2) is 21.0 Å². The molecule has 0 saturated carbocycles. The molecule has 0 aliphatic heterocycles. The summed E-state index contributed by atoms with van der Waals surface area (Å²) in [5.74, 6) is -0.253. The fourth-order valence-electron chi connectivity index (χ4n) is 4.06. The summed E-state index contributed by atoms with van der Waals surface area (Å²) < 4.78 is 1.87. The van der Waals surface area contributed by atoms with Crippen molar-refractivity contribution in [2.75, 3.05) is 0 Å². The third-order valence-corrected chi connectivity index (χ3v) is 6.45. The van der Waals surface area contributed by atoms with E-state index in [9.17, 15) is 9.59 Å². The molecule has 6 rings (SSSR count). The summed E-state index contributed by atoms with van der Waals surface area (Å²) in [5.41, 5.74) is 4.87. The zero-order valence-corrected chi connectivity index (χ0v) is 16.5. The molecule has 0 saturated heterocycles. The molecule has 0 atom stereocenters. The van der Waals surface area contributed by atoms with Gasteiger partial charge in [-0.1, -0.05) is 96.3 Å². The van der Waals surface area contributed by atoms with E-state index < -0.39 is 0 Å². The summed E-state index contributed by atoms with van der Waals surface area (Å²) in [4.78, 5) is 32.6. The number of carbonyl (C=O) groups excluding carboxylic acids is 2. The minimum atomic E-state index is -0.138. The van der Waals surface area contributed by atoms with Gasteiger partial charge in [-0.2, -0.15) is 0 Å². The van der Waals surface area contributed by atoms with Gasteiger partial charge in [0.25, 0.3) is 0 Å². The molecule has 2 aromatic heterocycles. The van der Waals surface area contributed by atoms with Gasteiger partial charge in [-0.3, -0.25) is 14.0 Å². The predicted molar refractivity (Wildman–Crippen MR) is 117 cm³/mol. The summed E-state index contributed by atoms with van der Waals surface area (Å²) in [6, 6.07) is 26.8. The molecule has 0 unspecified atom stereocenters. The van der Waals surface area contributed by atoms with Crippen LogP contribution in [0.1, 0.15) is 31.3 Å². The van der Waals surface area contributed by atoms with E-state index in [2.05, 4.69) is 0 Å². The number of carbonyl (C=O) groups is 2. The molecule has 0 fully saturated rings. The van der Waals surface area contributed by atoms with E-state index in [0.29, 0.717) is 26.7 Å². The maximum Gasteiger partial charge on any atom is 0.212 e. The molecule has 3 aromatic carbocycles. The van der Waals surface area contributed by atoms with Gasteiger partial charge in [0.1, 0.15) is 10.6 Å². The summed E-state index contributed by atoms with van der Waals surface area (Å²) in [6.07, 6.45) is 0. The normalized spacial score (nSPS) is 12.8. The van der Waals surface area contributed by atoms with Crippen LogP contribution in [0.15, 0.2) is 84.9 Å². The second-order valence-electron chi connectivity index (χ2n) is 7.14. The lowest BCUT2D eigenvalue weighted by atomic mass is 9.91. The Morgan fingerprint density at radius 3 is 1.87 bits per heavy atom. The first-order chi connectivity index (χ1) is 14.7. The lowest BCUT2D eigenvalue weighted by Gasteiger charge is -2.15. The number of nitrogens with zero attached hydrogens (tertiary/aromatic N) is 2. The van der Waals surface area contributed by atoms with Crippen molar-refractivity contribution in [3.63, 3.8) is 0 Å². The van der Waals surface area contributed by atoms with E-state index in [-0.39, 0.29) is 11.6 Å². The summed E-state index contributed by atoms with van der Waals surface area (Å²) in [7, 11) is 0. The topological polar surface area (TPSA) is 51.4 Å². The van der Waals surface area contributed by atoms with Crippen molar-refractivity contribution in [1.29, 1.82) is 0 Å². The van der Waals surface area contributed by atoms with Crippen molar-refractivity contribution in [3.8, 4) is 22.5 Å². The van der Waals surface area contributed by atoms with Gasteiger partial charge in [0.15, 0.2) is 4.96 Å². The van der Waals surface area contributed by atoms with Gasteiger partial charge < -0.3 is 0 Å². The van der Waals surface area contributed by atoms with Crippen LogP contribution in [0.5, 0.6) is 0 Å². The first-order valence-electron chi connectivity index (χ1n) is 9.58. The van der Waals surface area contributed by atoms with Crippen LogP contribution in [-0.2, 0) is 0 Å². The van der Waals surface area contributed by atoms with Crippen LogP contribution < -0.4 is 0 Å². The van der Waals surface area contributed by atoms with E-state index in [1.165, 1.54) is 11.3 Å². The predicted octanol–water partition coefficient (Wildman–Crippen LogP) is 5.51. The number of thiazole rings is 1. The smallest absolute Gasteiger partial charge is 0.212 e. The minimum Gasteiger partial charge on any atom is -0.288 e. The largest absolute Gasteiger partial charge is 0.288 e. The second kappa shape index (κ2) is 6.34. The SMILES string of the molecule is O=C1c2ccccc2C(=O)c2c1sc1nc(-c3ccccc3)c(-c3ccccc3)n21. The fourth-order valence-corrected chi connectivity index (χ4v) is 5.14.